The minimum Gasteiger partial charge on any atom is -0.481 e. The van der Waals surface area contributed by atoms with Crippen molar-refractivity contribution in [2.45, 2.75) is 31.4 Å². The molecule has 4 aromatic carbocycles. The van der Waals surface area contributed by atoms with E-state index in [0.29, 0.717) is 12.3 Å². The van der Waals surface area contributed by atoms with Crippen LogP contribution in [0.1, 0.15) is 41.6 Å². The lowest BCUT2D eigenvalue weighted by atomic mass is 9.85. The van der Waals surface area contributed by atoms with Crippen LogP contribution in [0.5, 0.6) is 0 Å². The first-order valence-corrected chi connectivity index (χ1v) is 11.8. The lowest BCUT2D eigenvalue weighted by molar-refractivity contribution is -0.136. The van der Waals surface area contributed by atoms with Crippen LogP contribution in [0.15, 0.2) is 114 Å². The van der Waals surface area contributed by atoms with E-state index in [9.17, 15) is 9.90 Å². The van der Waals surface area contributed by atoms with Crippen LogP contribution < -0.4 is 0 Å². The number of hydrogen-bond acceptors (Lipinski definition) is 3. The van der Waals surface area contributed by atoms with Gasteiger partial charge in [-0.2, -0.15) is 0 Å². The molecular weight excluding hydrogens is 434 g/mol. The fourth-order valence-corrected chi connectivity index (χ4v) is 4.81. The van der Waals surface area contributed by atoms with Gasteiger partial charge in [-0.3, -0.25) is 4.79 Å². The summed E-state index contributed by atoms with van der Waals surface area (Å²) in [4.78, 5) is 16.4. The Morgan fingerprint density at radius 1 is 0.800 bits per heavy atom. The van der Waals surface area contributed by atoms with Crippen LogP contribution in [-0.4, -0.2) is 17.0 Å². The fourth-order valence-electron chi connectivity index (χ4n) is 4.81. The lowest BCUT2D eigenvalue weighted by Crippen LogP contribution is -2.29. The summed E-state index contributed by atoms with van der Waals surface area (Å²) < 4.78 is 6.74. The Kier molecular flexibility index (Phi) is 6.19. The number of benzene rings is 4. The van der Waals surface area contributed by atoms with Gasteiger partial charge in [0.2, 0.25) is 5.90 Å². The van der Waals surface area contributed by atoms with Crippen molar-refractivity contribution in [3.8, 4) is 11.1 Å². The molecule has 0 saturated carbocycles. The van der Waals surface area contributed by atoms with Gasteiger partial charge in [0.1, 0.15) is 6.04 Å². The number of carboxylic acid groups (broad SMARTS) is 1. The molecule has 1 aliphatic heterocycles. The molecule has 0 radical (unpaired) electrons. The number of aliphatic imine (C=N–C) groups is 1. The second-order valence-corrected chi connectivity index (χ2v) is 8.92. The van der Waals surface area contributed by atoms with Crippen molar-refractivity contribution in [1.82, 2.24) is 0 Å². The summed E-state index contributed by atoms with van der Waals surface area (Å²) in [5.74, 6) is -0.213. The van der Waals surface area contributed by atoms with E-state index in [1.165, 1.54) is 0 Å². The van der Waals surface area contributed by atoms with E-state index in [4.69, 9.17) is 9.73 Å². The molecule has 4 nitrogen and oxygen atoms in total. The van der Waals surface area contributed by atoms with Gasteiger partial charge in [0.25, 0.3) is 0 Å². The maximum Gasteiger partial charge on any atom is 0.303 e. The van der Waals surface area contributed by atoms with E-state index >= 15 is 0 Å². The predicted octanol–water partition coefficient (Wildman–Crippen LogP) is 6.80. The zero-order valence-electron chi connectivity index (χ0n) is 19.6. The molecule has 4 heteroatoms. The van der Waals surface area contributed by atoms with Crippen molar-refractivity contribution in [1.29, 1.82) is 0 Å². The van der Waals surface area contributed by atoms with E-state index in [2.05, 4.69) is 37.3 Å². The van der Waals surface area contributed by atoms with Crippen molar-refractivity contribution in [3.05, 3.63) is 131 Å². The van der Waals surface area contributed by atoms with Gasteiger partial charge in [-0.05, 0) is 47.2 Å². The number of rotatable bonds is 7. The van der Waals surface area contributed by atoms with Crippen LogP contribution in [-0.2, 0) is 21.6 Å². The van der Waals surface area contributed by atoms with E-state index in [-0.39, 0.29) is 12.5 Å². The maximum absolute atomic E-state index is 11.2. The summed E-state index contributed by atoms with van der Waals surface area (Å²) >= 11 is 0. The van der Waals surface area contributed by atoms with Gasteiger partial charge < -0.3 is 9.84 Å². The largest absolute Gasteiger partial charge is 0.481 e. The van der Waals surface area contributed by atoms with Crippen LogP contribution in [0.2, 0.25) is 0 Å². The quantitative estimate of drug-likeness (QED) is 0.329. The van der Waals surface area contributed by atoms with Gasteiger partial charge in [0.15, 0.2) is 5.60 Å². The summed E-state index contributed by atoms with van der Waals surface area (Å²) in [5.41, 5.74) is 5.35. The molecule has 2 atom stereocenters. The molecule has 0 bridgehead atoms. The number of carboxylic acids is 1. The Morgan fingerprint density at radius 2 is 1.37 bits per heavy atom. The highest BCUT2D eigenvalue weighted by molar-refractivity contribution is 6.02. The van der Waals surface area contributed by atoms with E-state index in [1.54, 1.807) is 0 Å². The molecule has 1 heterocycles. The Hall–Kier alpha value is -4.18. The Balaban J connectivity index is 1.61. The molecule has 0 fully saturated rings. The van der Waals surface area contributed by atoms with Crippen molar-refractivity contribution < 1.29 is 14.6 Å². The first-order valence-electron chi connectivity index (χ1n) is 11.8. The van der Waals surface area contributed by atoms with Crippen LogP contribution in [0.3, 0.4) is 0 Å². The number of aliphatic carboxylic acids is 1. The first kappa shape index (κ1) is 22.6. The van der Waals surface area contributed by atoms with Crippen LogP contribution in [0.25, 0.3) is 11.1 Å². The van der Waals surface area contributed by atoms with Crippen LogP contribution in [0, 0.1) is 0 Å². The third kappa shape index (κ3) is 4.47. The summed E-state index contributed by atoms with van der Waals surface area (Å²) in [5, 5.41) is 9.23. The molecule has 0 spiro atoms. The standard InChI is InChI=1S/C31H27NO3/c1-31(24-15-6-3-7-16-24)29(23-13-4-2-5-14-23)32-30(35-31)27-19-11-10-18-26(27)25-17-9-8-12-22(25)20-21-28(33)34/h2-19,29H,20-21H2,1H3,(H,33,34). The molecular formula is C31H27NO3. The third-order valence-electron chi connectivity index (χ3n) is 6.61. The molecule has 1 N–H and O–H groups in total. The molecule has 174 valence electrons. The lowest BCUT2D eigenvalue weighted by Gasteiger charge is -2.30. The molecule has 1 aliphatic rings. The fraction of sp³-hybridized carbons (Fsp3) is 0.161. The van der Waals surface area contributed by atoms with Gasteiger partial charge in [-0.15, -0.1) is 0 Å². The highest BCUT2D eigenvalue weighted by atomic mass is 16.5. The van der Waals surface area contributed by atoms with Crippen molar-refractivity contribution in [2.75, 3.05) is 0 Å². The molecule has 0 amide bonds. The van der Waals surface area contributed by atoms with E-state index in [1.807, 2.05) is 78.9 Å². The Morgan fingerprint density at radius 3 is 2.06 bits per heavy atom. The summed E-state index contributed by atoms with van der Waals surface area (Å²) in [6, 6.07) is 36.3. The average molecular weight is 462 g/mol. The molecule has 5 rings (SSSR count). The number of carbonyl (C=O) groups is 1. The highest BCUT2D eigenvalue weighted by Gasteiger charge is 2.45. The Bertz CT molecular complexity index is 1360. The minimum atomic E-state index is -0.805. The third-order valence-corrected chi connectivity index (χ3v) is 6.61. The van der Waals surface area contributed by atoms with Crippen LogP contribution >= 0.6 is 0 Å². The molecule has 0 aromatic heterocycles. The summed E-state index contributed by atoms with van der Waals surface area (Å²) in [6.07, 6.45) is 0.542. The monoisotopic (exact) mass is 461 g/mol. The first-order chi connectivity index (χ1) is 17.1. The number of hydrogen-bond donors (Lipinski definition) is 1. The SMILES string of the molecule is CC1(c2ccccc2)OC(c2ccccc2-c2ccccc2CCC(=O)O)=NC1c1ccccc1. The number of aryl methyl sites for hydroxylation is 1. The second kappa shape index (κ2) is 9.59. The molecule has 35 heavy (non-hydrogen) atoms. The zero-order chi connectivity index (χ0) is 24.3. The number of nitrogens with zero attached hydrogens (tertiary/aromatic N) is 1. The Labute approximate surface area is 205 Å². The van der Waals surface area contributed by atoms with Gasteiger partial charge in [-0.25, -0.2) is 4.99 Å². The summed E-state index contributed by atoms with van der Waals surface area (Å²) in [7, 11) is 0. The molecule has 4 aromatic rings. The normalized spacial score (nSPS) is 19.1. The zero-order valence-corrected chi connectivity index (χ0v) is 19.6. The number of ether oxygens (including phenoxy) is 1. The van der Waals surface area contributed by atoms with Gasteiger partial charge in [0, 0.05) is 12.0 Å². The maximum atomic E-state index is 11.2. The van der Waals surface area contributed by atoms with Gasteiger partial charge in [0.05, 0.1) is 0 Å². The molecule has 0 aliphatic carbocycles. The van der Waals surface area contributed by atoms with E-state index < -0.39 is 11.6 Å². The molecule has 0 saturated heterocycles. The average Bonchev–Trinajstić information content (AvgIpc) is 3.27. The van der Waals surface area contributed by atoms with Crippen molar-refractivity contribution >= 4 is 11.9 Å². The minimum absolute atomic E-state index is 0.0821. The highest BCUT2D eigenvalue weighted by Crippen LogP contribution is 2.47. The van der Waals surface area contributed by atoms with Crippen molar-refractivity contribution in [2.24, 2.45) is 4.99 Å². The van der Waals surface area contributed by atoms with E-state index in [0.717, 1.165) is 33.4 Å². The van der Waals surface area contributed by atoms with Gasteiger partial charge >= 0.3 is 5.97 Å². The molecule has 2 unspecified atom stereocenters. The van der Waals surface area contributed by atoms with Crippen molar-refractivity contribution in [3.63, 3.8) is 0 Å². The summed E-state index contributed by atoms with van der Waals surface area (Å²) in [6.45, 7) is 2.10. The van der Waals surface area contributed by atoms with Crippen LogP contribution in [0.4, 0.5) is 0 Å². The predicted molar refractivity (Wildman–Crippen MR) is 138 cm³/mol. The topological polar surface area (TPSA) is 58.9 Å². The second-order valence-electron chi connectivity index (χ2n) is 8.92. The van der Waals surface area contributed by atoms with Gasteiger partial charge in [-0.1, -0.05) is 103 Å². The smallest absolute Gasteiger partial charge is 0.303 e.